The molecule has 0 aliphatic heterocycles. The van der Waals surface area contributed by atoms with E-state index in [0.717, 1.165) is 12.8 Å². The number of nitrogens with two attached hydrogens (primary N) is 1. The molecule has 0 fully saturated rings. The Labute approximate surface area is 95.1 Å². The van der Waals surface area contributed by atoms with Gasteiger partial charge in [-0.05, 0) is 24.6 Å². The van der Waals surface area contributed by atoms with E-state index in [1.54, 1.807) is 24.4 Å². The number of nitrogen functional groups attached to an aromatic ring is 1. The van der Waals surface area contributed by atoms with Crippen LogP contribution < -0.4 is 5.73 Å². The van der Waals surface area contributed by atoms with Crippen LogP contribution in [0.5, 0.6) is 0 Å². The van der Waals surface area contributed by atoms with E-state index < -0.39 is 0 Å². The Morgan fingerprint density at radius 1 is 1.62 bits per heavy atom. The molecule has 4 nitrogen and oxygen atoms in total. The number of carbonyl (C=O) groups is 1. The van der Waals surface area contributed by atoms with Crippen molar-refractivity contribution in [1.29, 1.82) is 0 Å². The minimum Gasteiger partial charge on any atom is -0.463 e. The predicted octanol–water partition coefficient (Wildman–Crippen LogP) is 2.02. The summed E-state index contributed by atoms with van der Waals surface area (Å²) in [6.45, 7) is 2.50. The Bertz CT molecular complexity index is 375. The van der Waals surface area contributed by atoms with Gasteiger partial charge in [0.25, 0.3) is 0 Å². The number of hydrogen-bond donors (Lipinski definition) is 1. The number of hydrogen-bond acceptors (Lipinski definition) is 4. The molecule has 1 aromatic heterocycles. The molecule has 0 saturated carbocycles. The maximum absolute atomic E-state index is 11.2. The van der Waals surface area contributed by atoms with Crippen molar-refractivity contribution in [3.05, 3.63) is 30.1 Å². The number of nitrogens with zero attached hydrogens (tertiary/aromatic N) is 1. The van der Waals surface area contributed by atoms with Gasteiger partial charge in [-0.25, -0.2) is 4.79 Å². The van der Waals surface area contributed by atoms with Crippen LogP contribution in [0, 0.1) is 0 Å². The fourth-order valence-electron chi connectivity index (χ4n) is 1.08. The van der Waals surface area contributed by atoms with Crippen LogP contribution in [0.2, 0.25) is 0 Å². The molecule has 4 heteroatoms. The maximum Gasteiger partial charge on any atom is 0.330 e. The summed E-state index contributed by atoms with van der Waals surface area (Å²) in [5, 5.41) is 0. The summed E-state index contributed by atoms with van der Waals surface area (Å²) in [5.41, 5.74) is 6.78. The molecule has 0 spiro atoms. The molecule has 1 heterocycles. The molecule has 0 saturated heterocycles. The maximum atomic E-state index is 11.2. The zero-order valence-corrected chi connectivity index (χ0v) is 9.35. The van der Waals surface area contributed by atoms with Crippen molar-refractivity contribution in [3.63, 3.8) is 0 Å². The van der Waals surface area contributed by atoms with Crippen molar-refractivity contribution >= 4 is 17.7 Å². The normalized spacial score (nSPS) is 10.6. The van der Waals surface area contributed by atoms with Crippen LogP contribution in [0.25, 0.3) is 6.08 Å². The molecule has 0 unspecified atom stereocenters. The Hall–Kier alpha value is -1.84. The highest BCUT2D eigenvalue weighted by Crippen LogP contribution is 2.08. The monoisotopic (exact) mass is 220 g/mol. The van der Waals surface area contributed by atoms with Crippen molar-refractivity contribution in [2.75, 3.05) is 12.3 Å². The first-order valence-electron chi connectivity index (χ1n) is 5.29. The van der Waals surface area contributed by atoms with E-state index >= 15 is 0 Å². The van der Waals surface area contributed by atoms with E-state index in [1.165, 1.54) is 6.08 Å². The Kier molecular flexibility index (Phi) is 5.05. The SMILES string of the molecule is CCCCOC(=O)/C=C/c1ncccc1N. The number of esters is 1. The van der Waals surface area contributed by atoms with Gasteiger partial charge in [-0.2, -0.15) is 0 Å². The van der Waals surface area contributed by atoms with Gasteiger partial charge in [0.2, 0.25) is 0 Å². The van der Waals surface area contributed by atoms with Crippen LogP contribution >= 0.6 is 0 Å². The van der Waals surface area contributed by atoms with Crippen LogP contribution in [0.3, 0.4) is 0 Å². The lowest BCUT2D eigenvalue weighted by Crippen LogP contribution is -2.02. The smallest absolute Gasteiger partial charge is 0.330 e. The van der Waals surface area contributed by atoms with Crippen LogP contribution in [-0.2, 0) is 9.53 Å². The van der Waals surface area contributed by atoms with E-state index in [2.05, 4.69) is 4.98 Å². The third-order valence-corrected chi connectivity index (χ3v) is 1.99. The lowest BCUT2D eigenvalue weighted by molar-refractivity contribution is -0.137. The minimum atomic E-state index is -0.362. The van der Waals surface area contributed by atoms with E-state index in [-0.39, 0.29) is 5.97 Å². The summed E-state index contributed by atoms with van der Waals surface area (Å²) < 4.78 is 4.95. The van der Waals surface area contributed by atoms with Gasteiger partial charge in [0.1, 0.15) is 0 Å². The van der Waals surface area contributed by atoms with Crippen molar-refractivity contribution in [3.8, 4) is 0 Å². The summed E-state index contributed by atoms with van der Waals surface area (Å²) in [5.74, 6) is -0.362. The summed E-state index contributed by atoms with van der Waals surface area (Å²) >= 11 is 0. The van der Waals surface area contributed by atoms with Crippen LogP contribution in [0.15, 0.2) is 24.4 Å². The largest absolute Gasteiger partial charge is 0.463 e. The van der Waals surface area contributed by atoms with E-state index in [1.807, 2.05) is 6.92 Å². The van der Waals surface area contributed by atoms with E-state index in [9.17, 15) is 4.79 Å². The summed E-state index contributed by atoms with van der Waals surface area (Å²) in [7, 11) is 0. The van der Waals surface area contributed by atoms with Gasteiger partial charge in [0.05, 0.1) is 18.0 Å². The number of pyridine rings is 1. The first kappa shape index (κ1) is 12.2. The van der Waals surface area contributed by atoms with Gasteiger partial charge in [0.15, 0.2) is 0 Å². The highest BCUT2D eigenvalue weighted by molar-refractivity contribution is 5.87. The highest BCUT2D eigenvalue weighted by atomic mass is 16.5. The molecular weight excluding hydrogens is 204 g/mol. The first-order chi connectivity index (χ1) is 7.74. The number of rotatable bonds is 5. The molecular formula is C12H16N2O2. The number of carbonyl (C=O) groups excluding carboxylic acids is 1. The van der Waals surface area contributed by atoms with Gasteiger partial charge < -0.3 is 10.5 Å². The second kappa shape index (κ2) is 6.61. The van der Waals surface area contributed by atoms with Crippen molar-refractivity contribution in [2.45, 2.75) is 19.8 Å². The third kappa shape index (κ3) is 4.13. The number of ether oxygens (including phenoxy) is 1. The van der Waals surface area contributed by atoms with Gasteiger partial charge in [-0.15, -0.1) is 0 Å². The lowest BCUT2D eigenvalue weighted by atomic mass is 10.3. The fraction of sp³-hybridized carbons (Fsp3) is 0.333. The lowest BCUT2D eigenvalue weighted by Gasteiger charge is -2.00. The average molecular weight is 220 g/mol. The highest BCUT2D eigenvalue weighted by Gasteiger charge is 1.98. The van der Waals surface area contributed by atoms with Gasteiger partial charge in [0, 0.05) is 12.3 Å². The standard InChI is InChI=1S/C12H16N2O2/c1-2-3-9-16-12(15)7-6-11-10(13)5-4-8-14-11/h4-8H,2-3,9,13H2,1H3/b7-6+. The quantitative estimate of drug-likeness (QED) is 0.468. The molecule has 1 rings (SSSR count). The van der Waals surface area contributed by atoms with Gasteiger partial charge in [-0.3, -0.25) is 4.98 Å². The summed E-state index contributed by atoms with van der Waals surface area (Å²) in [6.07, 6.45) is 6.41. The van der Waals surface area contributed by atoms with Crippen LogP contribution in [-0.4, -0.2) is 17.6 Å². The molecule has 0 atom stereocenters. The number of unbranched alkanes of at least 4 members (excludes halogenated alkanes) is 1. The predicted molar refractivity (Wildman–Crippen MR) is 63.6 cm³/mol. The van der Waals surface area contributed by atoms with Crippen molar-refractivity contribution < 1.29 is 9.53 Å². The molecule has 1 aromatic rings. The van der Waals surface area contributed by atoms with E-state index in [0.29, 0.717) is 18.0 Å². The number of anilines is 1. The molecule has 2 N–H and O–H groups in total. The van der Waals surface area contributed by atoms with Crippen molar-refractivity contribution in [2.24, 2.45) is 0 Å². The molecule has 0 amide bonds. The molecule has 0 aromatic carbocycles. The molecule has 0 aliphatic rings. The summed E-state index contributed by atoms with van der Waals surface area (Å²) in [4.78, 5) is 15.3. The van der Waals surface area contributed by atoms with Crippen molar-refractivity contribution in [1.82, 2.24) is 4.98 Å². The van der Waals surface area contributed by atoms with Gasteiger partial charge >= 0.3 is 5.97 Å². The fourth-order valence-corrected chi connectivity index (χ4v) is 1.08. The van der Waals surface area contributed by atoms with Gasteiger partial charge in [-0.1, -0.05) is 13.3 Å². The number of aromatic nitrogens is 1. The minimum absolute atomic E-state index is 0.362. The molecule has 0 aliphatic carbocycles. The zero-order chi connectivity index (χ0) is 11.8. The van der Waals surface area contributed by atoms with Crippen LogP contribution in [0.1, 0.15) is 25.5 Å². The Morgan fingerprint density at radius 2 is 2.44 bits per heavy atom. The zero-order valence-electron chi connectivity index (χ0n) is 9.35. The topological polar surface area (TPSA) is 65.2 Å². The van der Waals surface area contributed by atoms with Crippen LogP contribution in [0.4, 0.5) is 5.69 Å². The average Bonchev–Trinajstić information content (AvgIpc) is 2.28. The Balaban J connectivity index is 2.47. The first-order valence-corrected chi connectivity index (χ1v) is 5.29. The Morgan fingerprint density at radius 3 is 3.12 bits per heavy atom. The molecule has 86 valence electrons. The molecule has 0 radical (unpaired) electrons. The molecule has 16 heavy (non-hydrogen) atoms. The summed E-state index contributed by atoms with van der Waals surface area (Å²) in [6, 6.07) is 3.47. The second-order valence-electron chi connectivity index (χ2n) is 3.33. The van der Waals surface area contributed by atoms with E-state index in [4.69, 9.17) is 10.5 Å². The second-order valence-corrected chi connectivity index (χ2v) is 3.33. The third-order valence-electron chi connectivity index (χ3n) is 1.99. The molecule has 0 bridgehead atoms.